The highest BCUT2D eigenvalue weighted by atomic mass is 16.3. The van der Waals surface area contributed by atoms with Gasteiger partial charge < -0.3 is 15.3 Å². The molecule has 4 heteroatoms. The van der Waals surface area contributed by atoms with Crippen LogP contribution in [0.15, 0.2) is 0 Å². The number of carbonyl (C=O) groups excluding carboxylic acids is 1. The molecule has 0 aromatic carbocycles. The second-order valence-corrected chi connectivity index (χ2v) is 8.35. The highest BCUT2D eigenvalue weighted by molar-refractivity contribution is 5.74. The Kier molecular flexibility index (Phi) is 7.17. The summed E-state index contributed by atoms with van der Waals surface area (Å²) in [5, 5.41) is 12.7. The molecule has 0 bridgehead atoms. The number of likely N-dealkylation sites (tertiary alicyclic amines) is 1. The number of aliphatic hydroxyl groups is 1. The first-order chi connectivity index (χ1) is 10.1. The Hall–Kier alpha value is -0.770. The molecule has 0 saturated carbocycles. The van der Waals surface area contributed by atoms with Gasteiger partial charge in [0, 0.05) is 19.1 Å². The van der Waals surface area contributed by atoms with E-state index in [2.05, 4.69) is 39.9 Å². The number of urea groups is 1. The number of nitrogens with zero attached hydrogens (tertiary/aromatic N) is 1. The van der Waals surface area contributed by atoms with Crippen molar-refractivity contribution in [2.75, 3.05) is 13.1 Å². The minimum atomic E-state index is -0.339. The van der Waals surface area contributed by atoms with Crippen molar-refractivity contribution >= 4 is 6.03 Å². The van der Waals surface area contributed by atoms with Crippen LogP contribution in [0.3, 0.4) is 0 Å². The normalized spacial score (nSPS) is 25.0. The first-order valence-corrected chi connectivity index (χ1v) is 8.85. The minimum Gasteiger partial charge on any atom is -0.393 e. The molecule has 0 aromatic heterocycles. The van der Waals surface area contributed by atoms with E-state index in [-0.39, 0.29) is 17.6 Å². The molecule has 1 fully saturated rings. The third-order valence-electron chi connectivity index (χ3n) is 4.81. The number of rotatable bonds is 5. The Morgan fingerprint density at radius 1 is 1.27 bits per heavy atom. The van der Waals surface area contributed by atoms with Crippen LogP contribution in [0.4, 0.5) is 4.79 Å². The van der Waals surface area contributed by atoms with Gasteiger partial charge in [0.25, 0.3) is 0 Å². The summed E-state index contributed by atoms with van der Waals surface area (Å²) >= 11 is 0. The number of nitrogens with one attached hydrogen (secondary N) is 1. The lowest BCUT2D eigenvalue weighted by Gasteiger charge is -2.34. The number of aliphatic hydroxyl groups excluding tert-OH is 1. The van der Waals surface area contributed by atoms with Crippen LogP contribution >= 0.6 is 0 Å². The minimum absolute atomic E-state index is 0.0615. The topological polar surface area (TPSA) is 52.6 Å². The fourth-order valence-electron chi connectivity index (χ4n) is 3.51. The average molecular weight is 312 g/mol. The van der Waals surface area contributed by atoms with Gasteiger partial charge in [0.15, 0.2) is 0 Å². The molecule has 22 heavy (non-hydrogen) atoms. The largest absolute Gasteiger partial charge is 0.393 e. The molecule has 1 rings (SSSR count). The van der Waals surface area contributed by atoms with Crippen molar-refractivity contribution in [3.05, 3.63) is 0 Å². The molecule has 130 valence electrons. The smallest absolute Gasteiger partial charge is 0.317 e. The predicted octanol–water partition coefficient (Wildman–Crippen LogP) is 3.64. The Morgan fingerprint density at radius 3 is 2.45 bits per heavy atom. The highest BCUT2D eigenvalue weighted by Crippen LogP contribution is 2.26. The molecule has 0 spiro atoms. The number of hydrogen-bond acceptors (Lipinski definition) is 2. The van der Waals surface area contributed by atoms with Crippen molar-refractivity contribution in [1.82, 2.24) is 10.2 Å². The zero-order chi connectivity index (χ0) is 16.9. The zero-order valence-corrected chi connectivity index (χ0v) is 15.4. The van der Waals surface area contributed by atoms with Crippen LogP contribution in [0.2, 0.25) is 0 Å². The predicted molar refractivity (Wildman–Crippen MR) is 91.8 cm³/mol. The molecular formula is C18H36N2O2. The third-order valence-corrected chi connectivity index (χ3v) is 4.81. The van der Waals surface area contributed by atoms with Gasteiger partial charge >= 0.3 is 6.03 Å². The molecule has 2 N–H and O–H groups in total. The number of carbonyl (C=O) groups is 1. The average Bonchev–Trinajstić information content (AvgIpc) is 2.56. The summed E-state index contributed by atoms with van der Waals surface area (Å²) in [5.41, 5.74) is -0.0870. The summed E-state index contributed by atoms with van der Waals surface area (Å²) in [4.78, 5) is 14.7. The molecule has 1 heterocycles. The second-order valence-electron chi connectivity index (χ2n) is 8.35. The van der Waals surface area contributed by atoms with Crippen molar-refractivity contribution in [1.29, 1.82) is 0 Å². The van der Waals surface area contributed by atoms with Gasteiger partial charge in [0.1, 0.15) is 0 Å². The van der Waals surface area contributed by atoms with Crippen molar-refractivity contribution in [2.24, 2.45) is 17.3 Å². The van der Waals surface area contributed by atoms with E-state index in [4.69, 9.17) is 0 Å². The Bertz CT molecular complexity index is 353. The van der Waals surface area contributed by atoms with Crippen LogP contribution in [-0.2, 0) is 0 Å². The van der Waals surface area contributed by atoms with E-state index in [9.17, 15) is 9.90 Å². The summed E-state index contributed by atoms with van der Waals surface area (Å²) < 4.78 is 0. The van der Waals surface area contributed by atoms with E-state index in [1.54, 1.807) is 6.92 Å². The highest BCUT2D eigenvalue weighted by Gasteiger charge is 2.30. The summed E-state index contributed by atoms with van der Waals surface area (Å²) in [7, 11) is 0. The molecule has 0 unspecified atom stereocenters. The van der Waals surface area contributed by atoms with E-state index in [0.29, 0.717) is 30.8 Å². The molecule has 0 aromatic rings. The van der Waals surface area contributed by atoms with E-state index >= 15 is 0 Å². The molecular weight excluding hydrogens is 276 g/mol. The molecule has 0 radical (unpaired) electrons. The third kappa shape index (κ3) is 6.15. The summed E-state index contributed by atoms with van der Waals surface area (Å²) in [6, 6.07) is 0.399. The van der Waals surface area contributed by atoms with Gasteiger partial charge in [-0.2, -0.15) is 0 Å². The molecule has 3 atom stereocenters. The maximum absolute atomic E-state index is 12.7. The molecule has 0 aliphatic carbocycles. The van der Waals surface area contributed by atoms with Gasteiger partial charge in [-0.15, -0.1) is 0 Å². The van der Waals surface area contributed by atoms with Crippen LogP contribution < -0.4 is 5.32 Å². The fraction of sp³-hybridized carbons (Fsp3) is 0.944. The van der Waals surface area contributed by atoms with Crippen LogP contribution in [0.1, 0.15) is 67.2 Å². The summed E-state index contributed by atoms with van der Waals surface area (Å²) in [6.45, 7) is 14.1. The van der Waals surface area contributed by atoms with Crippen LogP contribution in [0, 0.1) is 17.3 Å². The lowest BCUT2D eigenvalue weighted by molar-refractivity contribution is 0.122. The Balaban J connectivity index is 2.64. The maximum atomic E-state index is 12.7. The van der Waals surface area contributed by atoms with E-state index in [1.807, 2.05) is 4.90 Å². The first kappa shape index (κ1) is 19.3. The molecule has 1 saturated heterocycles. The van der Waals surface area contributed by atoms with E-state index < -0.39 is 0 Å². The van der Waals surface area contributed by atoms with Crippen LogP contribution in [0.25, 0.3) is 0 Å². The van der Waals surface area contributed by atoms with Crippen LogP contribution in [-0.4, -0.2) is 41.3 Å². The Morgan fingerprint density at radius 2 is 1.91 bits per heavy atom. The summed E-state index contributed by atoms with van der Waals surface area (Å²) in [6.07, 6.45) is 3.75. The maximum Gasteiger partial charge on any atom is 0.317 e. The molecule has 1 aliphatic rings. The molecule has 4 nitrogen and oxygen atoms in total. The second kappa shape index (κ2) is 8.19. The van der Waals surface area contributed by atoms with E-state index in [0.717, 1.165) is 19.4 Å². The Labute approximate surface area is 136 Å². The lowest BCUT2D eigenvalue weighted by Crippen LogP contribution is -2.50. The lowest BCUT2D eigenvalue weighted by atomic mass is 9.87. The van der Waals surface area contributed by atoms with Crippen molar-refractivity contribution in [2.45, 2.75) is 79.4 Å². The quantitative estimate of drug-likeness (QED) is 0.814. The first-order valence-electron chi connectivity index (χ1n) is 8.85. The molecule has 1 aliphatic heterocycles. The van der Waals surface area contributed by atoms with Crippen molar-refractivity contribution in [3.63, 3.8) is 0 Å². The monoisotopic (exact) mass is 312 g/mol. The number of hydrogen-bond donors (Lipinski definition) is 2. The van der Waals surface area contributed by atoms with Gasteiger partial charge in [0.2, 0.25) is 0 Å². The zero-order valence-electron chi connectivity index (χ0n) is 15.4. The van der Waals surface area contributed by atoms with Gasteiger partial charge in [-0.3, -0.25) is 0 Å². The molecule has 2 amide bonds. The van der Waals surface area contributed by atoms with Crippen molar-refractivity contribution in [3.8, 4) is 0 Å². The summed E-state index contributed by atoms with van der Waals surface area (Å²) in [5.74, 6) is 1.19. The van der Waals surface area contributed by atoms with Gasteiger partial charge in [0.05, 0.1) is 6.10 Å². The standard InChI is InChI=1S/C18H36N2O2/c1-13(2)16-8-7-14(3)9-10-20(16)17(22)19-12-18(5,6)11-15(4)21/h13-16,21H,7-12H2,1-6H3,(H,19,22)/t14-,15+,16+/m1/s1. The number of amides is 2. The van der Waals surface area contributed by atoms with Crippen LogP contribution in [0.5, 0.6) is 0 Å². The van der Waals surface area contributed by atoms with Gasteiger partial charge in [-0.05, 0) is 49.9 Å². The van der Waals surface area contributed by atoms with Crippen molar-refractivity contribution < 1.29 is 9.90 Å². The van der Waals surface area contributed by atoms with Gasteiger partial charge in [-0.25, -0.2) is 4.79 Å². The van der Waals surface area contributed by atoms with E-state index in [1.165, 1.54) is 6.42 Å². The van der Waals surface area contributed by atoms with Gasteiger partial charge in [-0.1, -0.05) is 34.6 Å². The fourth-order valence-corrected chi connectivity index (χ4v) is 3.51. The SMILES string of the molecule is CC(C)[C@@H]1CC[C@@H](C)CCN1C(=O)NCC(C)(C)C[C@H](C)O.